The van der Waals surface area contributed by atoms with Crippen LogP contribution in [0.4, 0.5) is 0 Å². The predicted molar refractivity (Wildman–Crippen MR) is 71.6 cm³/mol. The van der Waals surface area contributed by atoms with Crippen molar-refractivity contribution in [3.63, 3.8) is 0 Å². The van der Waals surface area contributed by atoms with Crippen LogP contribution in [-0.4, -0.2) is 25.0 Å². The second kappa shape index (κ2) is 9.28. The number of carbonyl (C=O) groups excluding carboxylic acids is 2. The van der Waals surface area contributed by atoms with Crippen LogP contribution in [0.3, 0.4) is 0 Å². The standard InChI is InChI=1S/C15H20O4/c1-2-3-9-19-15(17)10-14(16)12-18-11-13-7-5-4-6-8-13/h4-8H,2-3,9-12H2,1H3. The van der Waals surface area contributed by atoms with Crippen LogP contribution in [0, 0.1) is 0 Å². The number of benzene rings is 1. The maximum atomic E-state index is 11.5. The normalized spacial score (nSPS) is 10.2. The molecule has 0 aliphatic heterocycles. The smallest absolute Gasteiger partial charge is 0.313 e. The molecule has 0 atom stereocenters. The molecule has 104 valence electrons. The van der Waals surface area contributed by atoms with Gasteiger partial charge in [-0.2, -0.15) is 0 Å². The molecule has 0 heterocycles. The highest BCUT2D eigenvalue weighted by molar-refractivity contribution is 5.96. The number of ketones is 1. The van der Waals surface area contributed by atoms with Gasteiger partial charge in [-0.15, -0.1) is 0 Å². The number of ether oxygens (including phenoxy) is 2. The summed E-state index contributed by atoms with van der Waals surface area (Å²) < 4.78 is 10.2. The lowest BCUT2D eigenvalue weighted by Gasteiger charge is -2.05. The largest absolute Gasteiger partial charge is 0.465 e. The molecule has 0 aliphatic carbocycles. The monoisotopic (exact) mass is 264 g/mol. The summed E-state index contributed by atoms with van der Waals surface area (Å²) in [4.78, 5) is 22.7. The number of Topliss-reactive ketones (excluding diaryl/α,β-unsaturated/α-hetero) is 1. The van der Waals surface area contributed by atoms with Crippen LogP contribution in [0.25, 0.3) is 0 Å². The molecule has 1 aromatic carbocycles. The van der Waals surface area contributed by atoms with Gasteiger partial charge in [0.25, 0.3) is 0 Å². The lowest BCUT2D eigenvalue weighted by molar-refractivity contribution is -0.147. The number of hydrogen-bond acceptors (Lipinski definition) is 4. The summed E-state index contributed by atoms with van der Waals surface area (Å²) in [7, 11) is 0. The van der Waals surface area contributed by atoms with E-state index in [1.54, 1.807) is 0 Å². The van der Waals surface area contributed by atoms with Gasteiger partial charge in [-0.3, -0.25) is 9.59 Å². The van der Waals surface area contributed by atoms with E-state index in [4.69, 9.17) is 9.47 Å². The van der Waals surface area contributed by atoms with Crippen molar-refractivity contribution < 1.29 is 19.1 Å². The van der Waals surface area contributed by atoms with Crippen molar-refractivity contribution in [1.82, 2.24) is 0 Å². The van der Waals surface area contributed by atoms with E-state index in [2.05, 4.69) is 0 Å². The maximum Gasteiger partial charge on any atom is 0.313 e. The third-order valence-electron chi connectivity index (χ3n) is 2.48. The Hall–Kier alpha value is -1.68. The van der Waals surface area contributed by atoms with Gasteiger partial charge in [-0.05, 0) is 12.0 Å². The summed E-state index contributed by atoms with van der Waals surface area (Å²) in [6.45, 7) is 2.71. The van der Waals surface area contributed by atoms with Crippen molar-refractivity contribution in [3.8, 4) is 0 Å². The van der Waals surface area contributed by atoms with Crippen molar-refractivity contribution in [3.05, 3.63) is 35.9 Å². The third-order valence-corrected chi connectivity index (χ3v) is 2.48. The molecule has 0 bridgehead atoms. The van der Waals surface area contributed by atoms with Crippen LogP contribution in [0.2, 0.25) is 0 Å². The Morgan fingerprint density at radius 2 is 1.89 bits per heavy atom. The summed E-state index contributed by atoms with van der Waals surface area (Å²) in [5.41, 5.74) is 1.00. The highest BCUT2D eigenvalue weighted by Crippen LogP contribution is 2.01. The average molecular weight is 264 g/mol. The average Bonchev–Trinajstić information content (AvgIpc) is 2.40. The van der Waals surface area contributed by atoms with E-state index in [9.17, 15) is 9.59 Å². The van der Waals surface area contributed by atoms with Crippen LogP contribution >= 0.6 is 0 Å². The first kappa shape index (κ1) is 15.4. The van der Waals surface area contributed by atoms with E-state index in [-0.39, 0.29) is 18.8 Å². The van der Waals surface area contributed by atoms with Crippen LogP contribution in [-0.2, 0) is 25.7 Å². The molecule has 1 aromatic rings. The second-order valence-electron chi connectivity index (χ2n) is 4.27. The fourth-order valence-electron chi connectivity index (χ4n) is 1.45. The minimum Gasteiger partial charge on any atom is -0.465 e. The number of rotatable bonds is 9. The molecule has 0 aliphatic rings. The number of esters is 1. The van der Waals surface area contributed by atoms with Crippen LogP contribution in [0.1, 0.15) is 31.7 Å². The summed E-state index contributed by atoms with van der Waals surface area (Å²) in [6.07, 6.45) is 1.57. The first-order valence-corrected chi connectivity index (χ1v) is 6.51. The Morgan fingerprint density at radius 1 is 1.16 bits per heavy atom. The maximum absolute atomic E-state index is 11.5. The molecular formula is C15H20O4. The Labute approximate surface area is 113 Å². The number of hydrogen-bond donors (Lipinski definition) is 0. The van der Waals surface area contributed by atoms with Gasteiger partial charge >= 0.3 is 5.97 Å². The van der Waals surface area contributed by atoms with E-state index in [1.165, 1.54) is 0 Å². The van der Waals surface area contributed by atoms with Crippen molar-refractivity contribution in [2.45, 2.75) is 32.8 Å². The predicted octanol–water partition coefficient (Wildman–Crippen LogP) is 2.51. The Balaban J connectivity index is 2.12. The minimum absolute atomic E-state index is 0.0578. The fourth-order valence-corrected chi connectivity index (χ4v) is 1.45. The molecule has 0 amide bonds. The third kappa shape index (κ3) is 7.36. The number of carbonyl (C=O) groups is 2. The molecule has 0 unspecified atom stereocenters. The van der Waals surface area contributed by atoms with Gasteiger partial charge in [-0.1, -0.05) is 43.7 Å². The Kier molecular flexibility index (Phi) is 7.51. The molecule has 0 N–H and O–H groups in total. The molecule has 4 heteroatoms. The molecular weight excluding hydrogens is 244 g/mol. The van der Waals surface area contributed by atoms with E-state index >= 15 is 0 Å². The Bertz CT molecular complexity index is 386. The zero-order valence-electron chi connectivity index (χ0n) is 11.3. The summed E-state index contributed by atoms with van der Waals surface area (Å²) >= 11 is 0. The topological polar surface area (TPSA) is 52.6 Å². The molecule has 4 nitrogen and oxygen atoms in total. The fraction of sp³-hybridized carbons (Fsp3) is 0.467. The van der Waals surface area contributed by atoms with E-state index in [0.717, 1.165) is 18.4 Å². The lowest BCUT2D eigenvalue weighted by atomic mass is 10.2. The van der Waals surface area contributed by atoms with Gasteiger partial charge in [0.2, 0.25) is 0 Å². The molecule has 0 aromatic heterocycles. The van der Waals surface area contributed by atoms with Crippen LogP contribution in [0.15, 0.2) is 30.3 Å². The lowest BCUT2D eigenvalue weighted by Crippen LogP contribution is -2.16. The van der Waals surface area contributed by atoms with Gasteiger partial charge in [0.15, 0.2) is 5.78 Å². The molecule has 0 saturated carbocycles. The van der Waals surface area contributed by atoms with E-state index in [1.807, 2.05) is 37.3 Å². The van der Waals surface area contributed by atoms with Gasteiger partial charge in [0.1, 0.15) is 13.0 Å². The summed E-state index contributed by atoms with van der Waals surface area (Å²) in [5, 5.41) is 0. The van der Waals surface area contributed by atoms with Gasteiger partial charge < -0.3 is 9.47 Å². The van der Waals surface area contributed by atoms with Crippen molar-refractivity contribution in [2.75, 3.05) is 13.2 Å². The molecule has 0 radical (unpaired) electrons. The molecule has 0 spiro atoms. The molecule has 0 saturated heterocycles. The van der Waals surface area contributed by atoms with E-state index < -0.39 is 5.97 Å². The summed E-state index contributed by atoms with van der Waals surface area (Å²) in [6, 6.07) is 9.57. The highest BCUT2D eigenvalue weighted by Gasteiger charge is 2.10. The zero-order chi connectivity index (χ0) is 13.9. The summed E-state index contributed by atoms with van der Waals surface area (Å²) in [5.74, 6) is -0.723. The minimum atomic E-state index is -0.471. The van der Waals surface area contributed by atoms with Crippen molar-refractivity contribution in [2.24, 2.45) is 0 Å². The van der Waals surface area contributed by atoms with Gasteiger partial charge in [0.05, 0.1) is 13.2 Å². The molecule has 19 heavy (non-hydrogen) atoms. The Morgan fingerprint density at radius 3 is 2.58 bits per heavy atom. The highest BCUT2D eigenvalue weighted by atomic mass is 16.5. The van der Waals surface area contributed by atoms with Gasteiger partial charge in [0, 0.05) is 0 Å². The number of unbranched alkanes of at least 4 members (excludes halogenated alkanes) is 1. The SMILES string of the molecule is CCCCOC(=O)CC(=O)COCc1ccccc1. The first-order chi connectivity index (χ1) is 9.22. The zero-order valence-corrected chi connectivity index (χ0v) is 11.3. The van der Waals surface area contributed by atoms with Crippen LogP contribution in [0.5, 0.6) is 0 Å². The van der Waals surface area contributed by atoms with Crippen molar-refractivity contribution in [1.29, 1.82) is 0 Å². The van der Waals surface area contributed by atoms with E-state index in [0.29, 0.717) is 13.2 Å². The second-order valence-corrected chi connectivity index (χ2v) is 4.27. The molecule has 1 rings (SSSR count). The first-order valence-electron chi connectivity index (χ1n) is 6.51. The van der Waals surface area contributed by atoms with Crippen molar-refractivity contribution >= 4 is 11.8 Å². The quantitative estimate of drug-likeness (QED) is 0.390. The van der Waals surface area contributed by atoms with Gasteiger partial charge in [-0.25, -0.2) is 0 Å². The molecule has 0 fully saturated rings. The van der Waals surface area contributed by atoms with Crippen LogP contribution < -0.4 is 0 Å².